The zero-order valence-electron chi connectivity index (χ0n) is 13.4. The van der Waals surface area contributed by atoms with Crippen LogP contribution >= 0.6 is 0 Å². The van der Waals surface area contributed by atoms with Gasteiger partial charge in [0.1, 0.15) is 5.75 Å². The molecule has 1 aliphatic rings. The monoisotopic (exact) mass is 347 g/mol. The highest BCUT2D eigenvalue weighted by molar-refractivity contribution is 7.92. The van der Waals surface area contributed by atoms with Gasteiger partial charge in [0.2, 0.25) is 0 Å². The zero-order chi connectivity index (χ0) is 17.4. The van der Waals surface area contributed by atoms with Crippen molar-refractivity contribution in [3.8, 4) is 5.75 Å². The smallest absolute Gasteiger partial charge is 0.182 e. The van der Waals surface area contributed by atoms with Crippen LogP contribution in [0.5, 0.6) is 5.75 Å². The van der Waals surface area contributed by atoms with E-state index in [1.165, 1.54) is 0 Å². The summed E-state index contributed by atoms with van der Waals surface area (Å²) in [6.45, 7) is -0.159. The Morgan fingerprint density at radius 3 is 2.25 bits per heavy atom. The minimum atomic E-state index is -3.58. The highest BCUT2D eigenvalue weighted by atomic mass is 32.2. The molecule has 2 aromatic rings. The minimum Gasteiger partial charge on any atom is -0.497 e. The third kappa shape index (κ3) is 2.51. The molecule has 0 heterocycles. The SMILES string of the molecule is COc1ccc([C@@H]2[C@H](S(=O)(=O)c3ccccc3)[C@]2(CN)CO)cc1. The molecule has 5 nitrogen and oxygen atoms in total. The van der Waals surface area contributed by atoms with E-state index < -0.39 is 20.5 Å². The molecule has 0 amide bonds. The van der Waals surface area contributed by atoms with Crippen molar-refractivity contribution in [2.75, 3.05) is 20.3 Å². The maximum atomic E-state index is 13.0. The topological polar surface area (TPSA) is 89.6 Å². The lowest BCUT2D eigenvalue weighted by Gasteiger charge is -2.12. The molecule has 0 spiro atoms. The highest BCUT2D eigenvalue weighted by Crippen LogP contribution is 2.63. The number of ether oxygens (including phenoxy) is 1. The first-order valence-electron chi connectivity index (χ1n) is 7.75. The quantitative estimate of drug-likeness (QED) is 0.828. The Morgan fingerprint density at radius 2 is 1.75 bits per heavy atom. The lowest BCUT2D eigenvalue weighted by atomic mass is 10.00. The number of nitrogens with two attached hydrogens (primary N) is 1. The molecule has 24 heavy (non-hydrogen) atoms. The molecule has 0 bridgehead atoms. The summed E-state index contributed by atoms with van der Waals surface area (Å²) in [5.74, 6) is 0.368. The van der Waals surface area contributed by atoms with E-state index in [1.54, 1.807) is 49.6 Å². The molecule has 0 unspecified atom stereocenters. The Labute approximate surface area is 142 Å². The van der Waals surface area contributed by atoms with E-state index in [-0.39, 0.29) is 24.0 Å². The second-order valence-corrected chi connectivity index (χ2v) is 8.19. The predicted octanol–water partition coefficient (Wildman–Crippen LogP) is 1.57. The summed E-state index contributed by atoms with van der Waals surface area (Å²) in [6, 6.07) is 15.6. The Balaban J connectivity index is 2.02. The molecule has 3 atom stereocenters. The molecule has 0 aliphatic heterocycles. The van der Waals surface area contributed by atoms with Crippen molar-refractivity contribution in [3.05, 3.63) is 60.2 Å². The lowest BCUT2D eigenvalue weighted by molar-refractivity contribution is 0.212. The Morgan fingerprint density at radius 1 is 1.12 bits per heavy atom. The average molecular weight is 347 g/mol. The molecule has 2 aromatic carbocycles. The molecule has 128 valence electrons. The van der Waals surface area contributed by atoms with Crippen LogP contribution in [-0.4, -0.2) is 39.0 Å². The van der Waals surface area contributed by atoms with Crippen LogP contribution < -0.4 is 10.5 Å². The van der Waals surface area contributed by atoms with Crippen LogP contribution in [0.15, 0.2) is 59.5 Å². The van der Waals surface area contributed by atoms with Crippen molar-refractivity contribution in [1.29, 1.82) is 0 Å². The predicted molar refractivity (Wildman–Crippen MR) is 91.7 cm³/mol. The van der Waals surface area contributed by atoms with Gasteiger partial charge in [0.05, 0.1) is 23.9 Å². The van der Waals surface area contributed by atoms with Crippen LogP contribution in [0, 0.1) is 5.41 Å². The molecular weight excluding hydrogens is 326 g/mol. The van der Waals surface area contributed by atoms with Gasteiger partial charge in [-0.15, -0.1) is 0 Å². The summed E-state index contributed by atoms with van der Waals surface area (Å²) >= 11 is 0. The van der Waals surface area contributed by atoms with Crippen LogP contribution in [0.2, 0.25) is 0 Å². The van der Waals surface area contributed by atoms with E-state index in [4.69, 9.17) is 10.5 Å². The minimum absolute atomic E-state index is 0.108. The Bertz CT molecular complexity index is 799. The van der Waals surface area contributed by atoms with Gasteiger partial charge in [0.25, 0.3) is 0 Å². The van der Waals surface area contributed by atoms with Crippen molar-refractivity contribution in [1.82, 2.24) is 0 Å². The molecule has 0 saturated heterocycles. The van der Waals surface area contributed by atoms with Gasteiger partial charge in [-0.05, 0) is 29.8 Å². The van der Waals surface area contributed by atoms with E-state index in [0.717, 1.165) is 5.56 Å². The molecule has 6 heteroatoms. The van der Waals surface area contributed by atoms with Crippen LogP contribution in [0.25, 0.3) is 0 Å². The number of benzene rings is 2. The molecule has 3 N–H and O–H groups in total. The first kappa shape index (κ1) is 17.0. The average Bonchev–Trinajstić information content (AvgIpc) is 3.33. The van der Waals surface area contributed by atoms with E-state index in [0.29, 0.717) is 5.75 Å². The molecule has 0 radical (unpaired) electrons. The van der Waals surface area contributed by atoms with Crippen molar-refractivity contribution in [2.45, 2.75) is 16.1 Å². The number of hydrogen-bond donors (Lipinski definition) is 2. The summed E-state index contributed by atoms with van der Waals surface area (Å²) in [4.78, 5) is 0.261. The second-order valence-electron chi connectivity index (χ2n) is 6.12. The van der Waals surface area contributed by atoms with E-state index in [2.05, 4.69) is 0 Å². The zero-order valence-corrected chi connectivity index (χ0v) is 14.2. The van der Waals surface area contributed by atoms with Crippen molar-refractivity contribution < 1.29 is 18.3 Å². The Hall–Kier alpha value is -1.89. The van der Waals surface area contributed by atoms with Gasteiger partial charge >= 0.3 is 0 Å². The fourth-order valence-electron chi connectivity index (χ4n) is 3.51. The summed E-state index contributed by atoms with van der Waals surface area (Å²) < 4.78 is 31.2. The number of methoxy groups -OCH3 is 1. The summed E-state index contributed by atoms with van der Waals surface area (Å²) in [5.41, 5.74) is 5.88. The van der Waals surface area contributed by atoms with Crippen molar-refractivity contribution >= 4 is 9.84 Å². The van der Waals surface area contributed by atoms with Crippen LogP contribution in [-0.2, 0) is 9.84 Å². The molecule has 1 aliphatic carbocycles. The summed E-state index contributed by atoms with van der Waals surface area (Å²) in [6.07, 6.45) is 0. The molecular formula is C18H21NO4S. The Kier molecular flexibility index (Phi) is 4.38. The maximum Gasteiger partial charge on any atom is 0.182 e. The van der Waals surface area contributed by atoms with E-state index >= 15 is 0 Å². The third-order valence-electron chi connectivity index (χ3n) is 4.94. The standard InChI is InChI=1S/C18H21NO4S/c1-23-14-9-7-13(8-10-14)16-17(18(16,11-19)12-20)24(21,22)15-5-3-2-4-6-15/h2-10,16-17,20H,11-12,19H2,1H3/t16-,17+,18-/m1/s1. The van der Waals surface area contributed by atoms with Gasteiger partial charge in [-0.2, -0.15) is 0 Å². The second kappa shape index (κ2) is 6.20. The van der Waals surface area contributed by atoms with Gasteiger partial charge in [-0.25, -0.2) is 8.42 Å². The van der Waals surface area contributed by atoms with E-state index in [9.17, 15) is 13.5 Å². The van der Waals surface area contributed by atoms with E-state index in [1.807, 2.05) is 12.1 Å². The van der Waals surface area contributed by atoms with Crippen LogP contribution in [0.4, 0.5) is 0 Å². The van der Waals surface area contributed by atoms with Gasteiger partial charge in [-0.3, -0.25) is 0 Å². The largest absolute Gasteiger partial charge is 0.497 e. The third-order valence-corrected chi connectivity index (χ3v) is 7.27. The number of rotatable bonds is 6. The van der Waals surface area contributed by atoms with Gasteiger partial charge in [-0.1, -0.05) is 30.3 Å². The van der Waals surface area contributed by atoms with Gasteiger partial charge in [0, 0.05) is 17.9 Å². The van der Waals surface area contributed by atoms with Gasteiger partial charge < -0.3 is 15.6 Å². The van der Waals surface area contributed by atoms with Crippen LogP contribution in [0.3, 0.4) is 0 Å². The van der Waals surface area contributed by atoms with Gasteiger partial charge in [0.15, 0.2) is 9.84 Å². The first-order valence-corrected chi connectivity index (χ1v) is 9.29. The number of aliphatic hydroxyl groups is 1. The maximum absolute atomic E-state index is 13.0. The number of aliphatic hydroxyl groups excluding tert-OH is 1. The number of sulfone groups is 1. The van der Waals surface area contributed by atoms with Crippen LogP contribution in [0.1, 0.15) is 11.5 Å². The first-order chi connectivity index (χ1) is 11.5. The summed E-state index contributed by atoms with van der Waals surface area (Å²) in [5, 5.41) is 9.17. The summed E-state index contributed by atoms with van der Waals surface area (Å²) in [7, 11) is -2.01. The normalized spacial score (nSPS) is 26.1. The number of hydrogen-bond acceptors (Lipinski definition) is 5. The molecule has 0 aromatic heterocycles. The lowest BCUT2D eigenvalue weighted by Crippen LogP contribution is -2.27. The van der Waals surface area contributed by atoms with Crippen molar-refractivity contribution in [2.24, 2.45) is 11.1 Å². The highest BCUT2D eigenvalue weighted by Gasteiger charge is 2.70. The fraction of sp³-hybridized carbons (Fsp3) is 0.333. The fourth-order valence-corrected chi connectivity index (χ4v) is 5.99. The molecule has 3 rings (SSSR count). The molecule has 1 fully saturated rings. The van der Waals surface area contributed by atoms with Crippen molar-refractivity contribution in [3.63, 3.8) is 0 Å². The molecule has 1 saturated carbocycles.